The van der Waals surface area contributed by atoms with Gasteiger partial charge in [0.15, 0.2) is 6.61 Å². The van der Waals surface area contributed by atoms with E-state index >= 15 is 0 Å². The van der Waals surface area contributed by atoms with Gasteiger partial charge in [0, 0.05) is 24.2 Å². The lowest BCUT2D eigenvalue weighted by atomic mass is 10.1. The predicted molar refractivity (Wildman–Crippen MR) is 97.6 cm³/mol. The molecule has 0 unspecified atom stereocenters. The molecule has 0 spiro atoms. The summed E-state index contributed by atoms with van der Waals surface area (Å²) in [5.74, 6) is -3.07. The second-order valence-electron chi connectivity index (χ2n) is 5.69. The molecule has 0 heterocycles. The highest BCUT2D eigenvalue weighted by atomic mass is 19.1. The average molecular weight is 404 g/mol. The van der Waals surface area contributed by atoms with E-state index in [1.165, 1.54) is 18.2 Å². The minimum atomic E-state index is -1.04. The second kappa shape index (κ2) is 9.93. The maximum atomic E-state index is 13.5. The Labute approximate surface area is 164 Å². The molecular weight excluding hydrogens is 387 g/mol. The van der Waals surface area contributed by atoms with Crippen LogP contribution in [0.1, 0.15) is 33.2 Å². The predicted octanol–water partition coefficient (Wildman–Crippen LogP) is 2.38. The summed E-state index contributed by atoms with van der Waals surface area (Å²) in [6.45, 7) is 0.811. The Hall–Kier alpha value is -3.82. The number of non-ortho nitro benzene ring substituents is 1. The number of hydrogen-bond acceptors (Lipinski definition) is 7. The van der Waals surface area contributed by atoms with Crippen LogP contribution >= 0.6 is 0 Å². The Morgan fingerprint density at radius 3 is 2.28 bits per heavy atom. The number of halogens is 1. The fourth-order valence-electron chi connectivity index (χ4n) is 2.27. The van der Waals surface area contributed by atoms with Gasteiger partial charge in [-0.3, -0.25) is 14.9 Å². The van der Waals surface area contributed by atoms with E-state index in [2.05, 4.69) is 5.32 Å². The summed E-state index contributed by atoms with van der Waals surface area (Å²) >= 11 is 0. The van der Waals surface area contributed by atoms with Crippen molar-refractivity contribution in [1.29, 1.82) is 0 Å². The van der Waals surface area contributed by atoms with Crippen LogP contribution < -0.4 is 5.32 Å². The fourth-order valence-corrected chi connectivity index (χ4v) is 2.27. The second-order valence-corrected chi connectivity index (χ2v) is 5.69. The molecule has 0 radical (unpaired) electrons. The van der Waals surface area contributed by atoms with Crippen molar-refractivity contribution < 1.29 is 33.2 Å². The molecule has 2 rings (SSSR count). The van der Waals surface area contributed by atoms with E-state index in [0.717, 1.165) is 18.2 Å². The Morgan fingerprint density at radius 2 is 1.69 bits per heavy atom. The molecule has 0 aliphatic rings. The first kappa shape index (κ1) is 21.5. The van der Waals surface area contributed by atoms with Gasteiger partial charge in [0.2, 0.25) is 0 Å². The van der Waals surface area contributed by atoms with Crippen LogP contribution in [0.3, 0.4) is 0 Å². The van der Waals surface area contributed by atoms with Gasteiger partial charge in [0.25, 0.3) is 11.6 Å². The van der Waals surface area contributed by atoms with Crippen LogP contribution in [0.25, 0.3) is 0 Å². The van der Waals surface area contributed by atoms with Crippen LogP contribution in [0.4, 0.5) is 10.1 Å². The van der Waals surface area contributed by atoms with E-state index < -0.39 is 40.9 Å². The molecule has 152 valence electrons. The topological polar surface area (TPSA) is 125 Å². The number of nitrogens with one attached hydrogen (secondary N) is 1. The number of carbonyl (C=O) groups is 3. The lowest BCUT2D eigenvalue weighted by Gasteiger charge is -2.08. The molecule has 0 bridgehead atoms. The Kier molecular flexibility index (Phi) is 7.35. The minimum absolute atomic E-state index is 0.0451. The highest BCUT2D eigenvalue weighted by Crippen LogP contribution is 2.19. The summed E-state index contributed by atoms with van der Waals surface area (Å²) in [4.78, 5) is 46.0. The summed E-state index contributed by atoms with van der Waals surface area (Å²) < 4.78 is 23.1. The van der Waals surface area contributed by atoms with E-state index in [1.54, 1.807) is 13.0 Å². The summed E-state index contributed by atoms with van der Waals surface area (Å²) in [5, 5.41) is 13.4. The Bertz CT molecular complexity index is 946. The summed E-state index contributed by atoms with van der Waals surface area (Å²) in [5.41, 5.74) is -0.738. The normalized spacial score (nSPS) is 10.1. The molecule has 0 aliphatic carbocycles. The van der Waals surface area contributed by atoms with E-state index in [1.807, 2.05) is 0 Å². The number of nitrogens with zero attached hydrogens (tertiary/aromatic N) is 1. The van der Waals surface area contributed by atoms with Gasteiger partial charge in [-0.2, -0.15) is 0 Å². The van der Waals surface area contributed by atoms with Crippen LogP contribution in [0.15, 0.2) is 42.5 Å². The highest BCUT2D eigenvalue weighted by Gasteiger charge is 2.20. The van der Waals surface area contributed by atoms with Gasteiger partial charge in [0.05, 0.1) is 22.7 Å². The maximum absolute atomic E-state index is 13.5. The molecule has 2 aromatic carbocycles. The Balaban J connectivity index is 2.02. The van der Waals surface area contributed by atoms with Gasteiger partial charge in [-0.05, 0) is 19.1 Å². The number of rotatable bonds is 8. The zero-order chi connectivity index (χ0) is 21.4. The number of nitro groups is 1. The number of hydrogen-bond donors (Lipinski definition) is 1. The third-order valence-electron chi connectivity index (χ3n) is 3.64. The fraction of sp³-hybridized carbons (Fsp3) is 0.211. The minimum Gasteiger partial charge on any atom is -0.462 e. The lowest BCUT2D eigenvalue weighted by molar-refractivity contribution is -0.384. The molecule has 1 amide bonds. The molecule has 29 heavy (non-hydrogen) atoms. The number of nitro benzene ring substituents is 1. The first-order valence-corrected chi connectivity index (χ1v) is 8.45. The van der Waals surface area contributed by atoms with Gasteiger partial charge >= 0.3 is 11.9 Å². The lowest BCUT2D eigenvalue weighted by Crippen LogP contribution is -2.28. The monoisotopic (exact) mass is 404 g/mol. The molecule has 0 saturated carbocycles. The zero-order valence-electron chi connectivity index (χ0n) is 15.3. The standard InChI is InChI=1S/C19H17FN2O7/c1-2-28-18(24)13-7-14(9-15(8-13)22(26)27)19(25)29-11-17(23)21-10-12-5-3-4-6-16(12)20/h3-9H,2,10-11H2,1H3,(H,21,23). The largest absolute Gasteiger partial charge is 0.462 e. The van der Waals surface area contributed by atoms with Crippen LogP contribution in [0.5, 0.6) is 0 Å². The molecule has 0 aliphatic heterocycles. The number of ether oxygens (including phenoxy) is 2. The van der Waals surface area contributed by atoms with E-state index in [-0.39, 0.29) is 29.8 Å². The Morgan fingerprint density at radius 1 is 1.07 bits per heavy atom. The van der Waals surface area contributed by atoms with Gasteiger partial charge < -0.3 is 14.8 Å². The molecule has 0 atom stereocenters. The zero-order valence-corrected chi connectivity index (χ0v) is 15.3. The third kappa shape index (κ3) is 6.09. The van der Waals surface area contributed by atoms with Crippen LogP contribution in [0.2, 0.25) is 0 Å². The number of amides is 1. The van der Waals surface area contributed by atoms with Gasteiger partial charge in [-0.1, -0.05) is 18.2 Å². The van der Waals surface area contributed by atoms with Crippen LogP contribution in [0, 0.1) is 15.9 Å². The maximum Gasteiger partial charge on any atom is 0.338 e. The summed E-state index contributed by atoms with van der Waals surface area (Å²) in [7, 11) is 0. The van der Waals surface area contributed by atoms with E-state index in [9.17, 15) is 28.9 Å². The van der Waals surface area contributed by atoms with Crippen molar-refractivity contribution in [2.75, 3.05) is 13.2 Å². The first-order valence-electron chi connectivity index (χ1n) is 8.45. The van der Waals surface area contributed by atoms with Gasteiger partial charge in [-0.15, -0.1) is 0 Å². The number of carbonyl (C=O) groups excluding carboxylic acids is 3. The molecule has 1 N–H and O–H groups in total. The van der Waals surface area contributed by atoms with Crippen molar-refractivity contribution >= 4 is 23.5 Å². The summed E-state index contributed by atoms with van der Waals surface area (Å²) in [6.07, 6.45) is 0. The van der Waals surface area contributed by atoms with Gasteiger partial charge in [-0.25, -0.2) is 14.0 Å². The van der Waals surface area contributed by atoms with Crippen molar-refractivity contribution in [3.63, 3.8) is 0 Å². The number of benzene rings is 2. The van der Waals surface area contributed by atoms with E-state index in [0.29, 0.717) is 0 Å². The van der Waals surface area contributed by atoms with Crippen LogP contribution in [-0.2, 0) is 20.8 Å². The van der Waals surface area contributed by atoms with Crippen molar-refractivity contribution in [3.8, 4) is 0 Å². The molecule has 0 saturated heterocycles. The molecule has 2 aromatic rings. The molecule has 9 nitrogen and oxygen atoms in total. The van der Waals surface area contributed by atoms with Crippen molar-refractivity contribution in [1.82, 2.24) is 5.32 Å². The van der Waals surface area contributed by atoms with Crippen molar-refractivity contribution in [2.24, 2.45) is 0 Å². The molecule has 10 heteroatoms. The van der Waals surface area contributed by atoms with Gasteiger partial charge in [0.1, 0.15) is 5.82 Å². The molecule has 0 aromatic heterocycles. The third-order valence-corrected chi connectivity index (χ3v) is 3.64. The summed E-state index contributed by atoms with van der Waals surface area (Å²) in [6, 6.07) is 8.80. The SMILES string of the molecule is CCOC(=O)c1cc(C(=O)OCC(=O)NCc2ccccc2F)cc([N+](=O)[O-])c1. The van der Waals surface area contributed by atoms with Crippen LogP contribution in [-0.4, -0.2) is 36.0 Å². The highest BCUT2D eigenvalue weighted by molar-refractivity contribution is 5.97. The van der Waals surface area contributed by atoms with Crippen molar-refractivity contribution in [3.05, 3.63) is 75.1 Å². The smallest absolute Gasteiger partial charge is 0.338 e. The van der Waals surface area contributed by atoms with Crippen molar-refractivity contribution in [2.45, 2.75) is 13.5 Å². The average Bonchev–Trinajstić information content (AvgIpc) is 2.71. The number of esters is 2. The molecule has 0 fully saturated rings. The first-order chi connectivity index (χ1) is 13.8. The quantitative estimate of drug-likeness (QED) is 0.407. The molecular formula is C19H17FN2O7. The van der Waals surface area contributed by atoms with E-state index in [4.69, 9.17) is 9.47 Å².